The number of hydrogen-bond donors (Lipinski definition) is 1. The third kappa shape index (κ3) is 2.64. The number of hydrogen-bond acceptors (Lipinski definition) is 3. The van der Waals surface area contributed by atoms with Crippen molar-refractivity contribution in [1.82, 2.24) is 0 Å². The van der Waals surface area contributed by atoms with Crippen molar-refractivity contribution in [2.75, 3.05) is 13.2 Å². The maximum Gasteiger partial charge on any atom is 0.105 e. The zero-order chi connectivity index (χ0) is 7.23. The summed E-state index contributed by atoms with van der Waals surface area (Å²) in [5, 5.41) is 8.34. The van der Waals surface area contributed by atoms with Crippen molar-refractivity contribution in [1.29, 1.82) is 0 Å². The lowest BCUT2D eigenvalue weighted by Gasteiger charge is -2.07. The summed E-state index contributed by atoms with van der Waals surface area (Å²) in [6.07, 6.45) is 4.98. The monoisotopic (exact) mass is 146 g/mol. The fraction of sp³-hybridized carbons (Fsp3) is 1.00. The molecule has 60 valence electrons. The van der Waals surface area contributed by atoms with E-state index >= 15 is 0 Å². The van der Waals surface area contributed by atoms with Crippen LogP contribution >= 0.6 is 0 Å². The SMILES string of the molecule is OCCOOC1CCCC1. The lowest BCUT2D eigenvalue weighted by atomic mass is 10.3. The fourth-order valence-corrected chi connectivity index (χ4v) is 1.17. The minimum absolute atomic E-state index is 0.0344. The average Bonchev–Trinajstić information content (AvgIpc) is 2.41. The lowest BCUT2D eigenvalue weighted by molar-refractivity contribution is -0.325. The third-order valence-electron chi connectivity index (χ3n) is 1.68. The van der Waals surface area contributed by atoms with Gasteiger partial charge in [-0.25, -0.2) is 9.78 Å². The Bertz CT molecular complexity index is 78.9. The molecule has 1 aliphatic rings. The van der Waals surface area contributed by atoms with E-state index < -0.39 is 0 Å². The molecule has 0 aromatic heterocycles. The first-order chi connectivity index (χ1) is 4.93. The van der Waals surface area contributed by atoms with Gasteiger partial charge in [-0.1, -0.05) is 12.8 Å². The van der Waals surface area contributed by atoms with Crippen LogP contribution < -0.4 is 0 Å². The standard InChI is InChI=1S/C7H14O3/c8-5-6-9-10-7-3-1-2-4-7/h7-8H,1-6H2. The molecule has 0 radical (unpaired) electrons. The van der Waals surface area contributed by atoms with Crippen molar-refractivity contribution in [3.8, 4) is 0 Å². The van der Waals surface area contributed by atoms with E-state index in [9.17, 15) is 0 Å². The molecule has 0 aliphatic heterocycles. The number of aliphatic hydroxyl groups is 1. The predicted molar refractivity (Wildman–Crippen MR) is 36.4 cm³/mol. The summed E-state index contributed by atoms with van der Waals surface area (Å²) in [5.41, 5.74) is 0. The molecule has 0 amide bonds. The Kier molecular flexibility index (Phi) is 3.72. The third-order valence-corrected chi connectivity index (χ3v) is 1.68. The van der Waals surface area contributed by atoms with Gasteiger partial charge in [-0.05, 0) is 12.8 Å². The first-order valence-corrected chi connectivity index (χ1v) is 3.82. The van der Waals surface area contributed by atoms with Gasteiger partial charge in [0.15, 0.2) is 0 Å². The van der Waals surface area contributed by atoms with Gasteiger partial charge >= 0.3 is 0 Å². The maximum absolute atomic E-state index is 8.34. The highest BCUT2D eigenvalue weighted by Gasteiger charge is 2.15. The van der Waals surface area contributed by atoms with Gasteiger partial charge in [0.05, 0.1) is 12.7 Å². The largest absolute Gasteiger partial charge is 0.394 e. The van der Waals surface area contributed by atoms with Gasteiger partial charge in [0.1, 0.15) is 6.61 Å². The molecule has 0 aromatic rings. The first kappa shape index (κ1) is 7.98. The topological polar surface area (TPSA) is 38.7 Å². The first-order valence-electron chi connectivity index (χ1n) is 3.82. The van der Waals surface area contributed by atoms with E-state index in [-0.39, 0.29) is 19.3 Å². The Morgan fingerprint density at radius 1 is 1.30 bits per heavy atom. The van der Waals surface area contributed by atoms with Crippen LogP contribution in [0.2, 0.25) is 0 Å². The molecular formula is C7H14O3. The number of rotatable bonds is 4. The molecule has 1 rings (SSSR count). The predicted octanol–water partition coefficient (Wildman–Crippen LogP) is 0.869. The summed E-state index contributed by atoms with van der Waals surface area (Å²) >= 11 is 0. The van der Waals surface area contributed by atoms with E-state index in [1.165, 1.54) is 12.8 Å². The van der Waals surface area contributed by atoms with Gasteiger partial charge in [0.25, 0.3) is 0 Å². The molecule has 0 spiro atoms. The van der Waals surface area contributed by atoms with E-state index in [1.54, 1.807) is 0 Å². The van der Waals surface area contributed by atoms with Crippen molar-refractivity contribution >= 4 is 0 Å². The van der Waals surface area contributed by atoms with Gasteiger partial charge in [0, 0.05) is 0 Å². The van der Waals surface area contributed by atoms with Crippen LogP contribution in [0.5, 0.6) is 0 Å². The summed E-state index contributed by atoms with van der Waals surface area (Å²) in [4.78, 5) is 9.70. The molecule has 10 heavy (non-hydrogen) atoms. The zero-order valence-electron chi connectivity index (χ0n) is 6.08. The van der Waals surface area contributed by atoms with Crippen molar-refractivity contribution in [3.05, 3.63) is 0 Å². The highest BCUT2D eigenvalue weighted by atomic mass is 17.2. The van der Waals surface area contributed by atoms with Crippen LogP contribution in [0.15, 0.2) is 0 Å². The van der Waals surface area contributed by atoms with Crippen LogP contribution in [-0.4, -0.2) is 24.4 Å². The maximum atomic E-state index is 8.34. The zero-order valence-corrected chi connectivity index (χ0v) is 6.08. The Labute approximate surface area is 60.9 Å². The van der Waals surface area contributed by atoms with Gasteiger partial charge in [0.2, 0.25) is 0 Å². The summed E-state index contributed by atoms with van der Waals surface area (Å²) in [6, 6.07) is 0. The Morgan fingerprint density at radius 2 is 2.00 bits per heavy atom. The van der Waals surface area contributed by atoms with Gasteiger partial charge in [-0.15, -0.1) is 0 Å². The van der Waals surface area contributed by atoms with E-state index in [2.05, 4.69) is 0 Å². The smallest absolute Gasteiger partial charge is 0.105 e. The van der Waals surface area contributed by atoms with Crippen LogP contribution in [0.25, 0.3) is 0 Å². The van der Waals surface area contributed by atoms with Crippen molar-refractivity contribution in [2.45, 2.75) is 31.8 Å². The summed E-state index contributed by atoms with van der Waals surface area (Å²) in [7, 11) is 0. The molecule has 0 bridgehead atoms. The molecule has 1 N–H and O–H groups in total. The normalized spacial score (nSPS) is 20.1. The van der Waals surface area contributed by atoms with E-state index in [0.29, 0.717) is 0 Å². The molecule has 1 saturated carbocycles. The lowest BCUT2D eigenvalue weighted by Crippen LogP contribution is -2.10. The van der Waals surface area contributed by atoms with E-state index in [4.69, 9.17) is 14.9 Å². The number of aliphatic hydroxyl groups excluding tert-OH is 1. The van der Waals surface area contributed by atoms with E-state index in [0.717, 1.165) is 12.8 Å². The van der Waals surface area contributed by atoms with Crippen LogP contribution in [0, 0.1) is 0 Å². The fourth-order valence-electron chi connectivity index (χ4n) is 1.17. The highest BCUT2D eigenvalue weighted by molar-refractivity contribution is 4.64. The Balaban J connectivity index is 1.91. The second kappa shape index (κ2) is 4.66. The summed E-state index contributed by atoms with van der Waals surface area (Å²) in [6.45, 7) is 0.323. The van der Waals surface area contributed by atoms with Crippen molar-refractivity contribution < 1.29 is 14.9 Å². The molecule has 1 aliphatic carbocycles. The Hall–Kier alpha value is -0.120. The quantitative estimate of drug-likeness (QED) is 0.363. The molecule has 0 saturated heterocycles. The molecule has 3 nitrogen and oxygen atoms in total. The Morgan fingerprint density at radius 3 is 2.60 bits per heavy atom. The summed E-state index contributed by atoms with van der Waals surface area (Å²) in [5.74, 6) is 0. The van der Waals surface area contributed by atoms with Crippen LogP contribution in [0.1, 0.15) is 25.7 Å². The van der Waals surface area contributed by atoms with Gasteiger partial charge in [-0.3, -0.25) is 0 Å². The molecule has 0 unspecified atom stereocenters. The average molecular weight is 146 g/mol. The van der Waals surface area contributed by atoms with Crippen molar-refractivity contribution in [2.24, 2.45) is 0 Å². The second-order valence-corrected chi connectivity index (χ2v) is 2.55. The molecule has 0 aromatic carbocycles. The van der Waals surface area contributed by atoms with Gasteiger partial charge in [-0.2, -0.15) is 0 Å². The second-order valence-electron chi connectivity index (χ2n) is 2.55. The molecule has 0 atom stereocenters. The molecule has 0 heterocycles. The summed E-state index contributed by atoms with van der Waals surface area (Å²) < 4.78 is 0. The minimum Gasteiger partial charge on any atom is -0.394 e. The molecule has 3 heteroatoms. The van der Waals surface area contributed by atoms with Crippen LogP contribution in [0.4, 0.5) is 0 Å². The van der Waals surface area contributed by atoms with Gasteiger partial charge < -0.3 is 5.11 Å². The molecule has 1 fully saturated rings. The van der Waals surface area contributed by atoms with Crippen molar-refractivity contribution in [3.63, 3.8) is 0 Å². The molecular weight excluding hydrogens is 132 g/mol. The van der Waals surface area contributed by atoms with Crippen LogP contribution in [-0.2, 0) is 9.78 Å². The van der Waals surface area contributed by atoms with E-state index in [1.807, 2.05) is 0 Å². The highest BCUT2D eigenvalue weighted by Crippen LogP contribution is 2.20. The minimum atomic E-state index is 0.0344. The van der Waals surface area contributed by atoms with Crippen LogP contribution in [0.3, 0.4) is 0 Å².